The van der Waals surface area contributed by atoms with Crippen molar-refractivity contribution in [1.29, 1.82) is 0 Å². The minimum Gasteiger partial charge on any atom is -0.493 e. The van der Waals surface area contributed by atoms with Crippen LogP contribution in [-0.4, -0.2) is 32.7 Å². The van der Waals surface area contributed by atoms with Gasteiger partial charge in [0, 0.05) is 25.8 Å². The third kappa shape index (κ3) is 5.48. The van der Waals surface area contributed by atoms with Crippen LogP contribution in [0.5, 0.6) is 5.75 Å². The molecule has 0 unspecified atom stereocenters. The van der Waals surface area contributed by atoms with Crippen LogP contribution < -0.4 is 15.0 Å². The number of carbonyl (C=O) groups excluding carboxylic acids is 1. The zero-order chi connectivity index (χ0) is 15.6. The number of amides is 1. The fourth-order valence-corrected chi connectivity index (χ4v) is 2.04. The fraction of sp³-hybridized carbons (Fsp3) is 0.278. The summed E-state index contributed by atoms with van der Waals surface area (Å²) < 4.78 is 5.50. The van der Waals surface area contributed by atoms with E-state index in [4.69, 9.17) is 4.74 Å². The summed E-state index contributed by atoms with van der Waals surface area (Å²) in [5, 5.41) is 2.91. The summed E-state index contributed by atoms with van der Waals surface area (Å²) >= 11 is 0. The highest BCUT2D eigenvalue weighted by Crippen LogP contribution is 2.10. The van der Waals surface area contributed by atoms with Crippen LogP contribution in [0.3, 0.4) is 0 Å². The highest BCUT2D eigenvalue weighted by atomic mass is 16.5. The molecule has 0 fully saturated rings. The highest BCUT2D eigenvalue weighted by molar-refractivity contribution is 5.76. The van der Waals surface area contributed by atoms with Crippen molar-refractivity contribution in [3.8, 4) is 5.75 Å². The van der Waals surface area contributed by atoms with Gasteiger partial charge in [-0.15, -0.1) is 0 Å². The number of rotatable bonds is 8. The maximum absolute atomic E-state index is 11.7. The fourth-order valence-electron chi connectivity index (χ4n) is 2.04. The molecule has 0 saturated carbocycles. The quantitative estimate of drug-likeness (QED) is 0.815. The van der Waals surface area contributed by atoms with Crippen molar-refractivity contribution in [2.24, 2.45) is 0 Å². The van der Waals surface area contributed by atoms with E-state index in [-0.39, 0.29) is 5.91 Å². The first-order chi connectivity index (χ1) is 10.8. The number of hydrogen-bond acceptors (Lipinski definition) is 3. The van der Waals surface area contributed by atoms with Crippen molar-refractivity contribution in [3.63, 3.8) is 0 Å². The van der Waals surface area contributed by atoms with Crippen molar-refractivity contribution < 1.29 is 9.53 Å². The first kappa shape index (κ1) is 15.9. The lowest BCUT2D eigenvalue weighted by atomic mass is 10.3. The highest BCUT2D eigenvalue weighted by Gasteiger charge is 2.03. The van der Waals surface area contributed by atoms with Gasteiger partial charge in [0.15, 0.2) is 0 Å². The van der Waals surface area contributed by atoms with E-state index < -0.39 is 0 Å². The molecular formula is C18H22N2O2. The van der Waals surface area contributed by atoms with Crippen LogP contribution in [0.25, 0.3) is 0 Å². The largest absolute Gasteiger partial charge is 0.493 e. The van der Waals surface area contributed by atoms with Crippen LogP contribution in [0.4, 0.5) is 5.69 Å². The molecule has 0 aliphatic heterocycles. The standard InChI is InChI=1S/C18H22N2O2/c1-20(16-8-4-2-5-9-16)14-13-19-18(21)12-15-22-17-10-6-3-7-11-17/h2-11H,12-15H2,1H3,(H,19,21). The topological polar surface area (TPSA) is 41.6 Å². The second-order valence-corrected chi connectivity index (χ2v) is 5.02. The number of carbonyl (C=O) groups is 1. The Morgan fingerprint density at radius 2 is 1.68 bits per heavy atom. The summed E-state index contributed by atoms with van der Waals surface area (Å²) in [6.07, 6.45) is 0.365. The van der Waals surface area contributed by atoms with Crippen LogP contribution in [0.15, 0.2) is 60.7 Å². The molecule has 116 valence electrons. The van der Waals surface area contributed by atoms with Crippen molar-refractivity contribution >= 4 is 11.6 Å². The van der Waals surface area contributed by atoms with E-state index in [1.54, 1.807) is 0 Å². The Morgan fingerprint density at radius 1 is 1.05 bits per heavy atom. The second-order valence-electron chi connectivity index (χ2n) is 5.02. The molecular weight excluding hydrogens is 276 g/mol. The Kier molecular flexibility index (Phi) is 6.30. The summed E-state index contributed by atoms with van der Waals surface area (Å²) in [5.41, 5.74) is 1.14. The number of likely N-dealkylation sites (N-methyl/N-ethyl adjacent to an activating group) is 1. The van der Waals surface area contributed by atoms with Crippen LogP contribution in [0.1, 0.15) is 6.42 Å². The summed E-state index contributed by atoms with van der Waals surface area (Å²) in [6, 6.07) is 19.6. The number of anilines is 1. The van der Waals surface area contributed by atoms with Crippen molar-refractivity contribution in [2.45, 2.75) is 6.42 Å². The molecule has 0 heterocycles. The lowest BCUT2D eigenvalue weighted by Crippen LogP contribution is -2.33. The molecule has 1 N–H and O–H groups in total. The molecule has 22 heavy (non-hydrogen) atoms. The molecule has 0 spiro atoms. The molecule has 0 atom stereocenters. The zero-order valence-electron chi connectivity index (χ0n) is 12.9. The van der Waals surface area contributed by atoms with Gasteiger partial charge in [0.2, 0.25) is 5.91 Å². The van der Waals surface area contributed by atoms with Gasteiger partial charge in [0.05, 0.1) is 13.0 Å². The molecule has 2 rings (SSSR count). The number of para-hydroxylation sites is 2. The van der Waals surface area contributed by atoms with Gasteiger partial charge >= 0.3 is 0 Å². The molecule has 1 amide bonds. The number of hydrogen-bond donors (Lipinski definition) is 1. The smallest absolute Gasteiger partial charge is 0.223 e. The summed E-state index contributed by atoms with van der Waals surface area (Å²) in [7, 11) is 2.01. The van der Waals surface area contributed by atoms with E-state index in [2.05, 4.69) is 22.3 Å². The molecule has 0 saturated heterocycles. The molecule has 0 aliphatic carbocycles. The molecule has 4 heteroatoms. The Balaban J connectivity index is 1.60. The zero-order valence-corrected chi connectivity index (χ0v) is 12.9. The van der Waals surface area contributed by atoms with Gasteiger partial charge in [-0.3, -0.25) is 4.79 Å². The number of nitrogens with one attached hydrogen (secondary N) is 1. The van der Waals surface area contributed by atoms with Crippen molar-refractivity contribution in [3.05, 3.63) is 60.7 Å². The van der Waals surface area contributed by atoms with Gasteiger partial charge in [0.1, 0.15) is 5.75 Å². The Labute approximate surface area is 131 Å². The molecule has 2 aromatic carbocycles. The SMILES string of the molecule is CN(CCNC(=O)CCOc1ccccc1)c1ccccc1. The molecule has 0 radical (unpaired) electrons. The van der Waals surface area contributed by atoms with Gasteiger partial charge in [-0.1, -0.05) is 36.4 Å². The van der Waals surface area contributed by atoms with Crippen molar-refractivity contribution in [2.75, 3.05) is 31.6 Å². The number of ether oxygens (including phenoxy) is 1. The second kappa shape index (κ2) is 8.72. The number of nitrogens with zero attached hydrogens (tertiary/aromatic N) is 1. The first-order valence-electron chi connectivity index (χ1n) is 7.46. The average molecular weight is 298 g/mol. The van der Waals surface area contributed by atoms with Gasteiger partial charge < -0.3 is 15.0 Å². The summed E-state index contributed by atoms with van der Waals surface area (Å²) in [4.78, 5) is 13.9. The normalized spacial score (nSPS) is 10.0. The minimum atomic E-state index is 0.0115. The van der Waals surface area contributed by atoms with E-state index in [9.17, 15) is 4.79 Å². The molecule has 0 bridgehead atoms. The van der Waals surface area contributed by atoms with E-state index in [0.29, 0.717) is 19.6 Å². The minimum absolute atomic E-state index is 0.0115. The van der Waals surface area contributed by atoms with Gasteiger partial charge in [0.25, 0.3) is 0 Å². The molecule has 0 aliphatic rings. The third-order valence-electron chi connectivity index (χ3n) is 3.31. The average Bonchev–Trinajstić information content (AvgIpc) is 2.56. The Hall–Kier alpha value is -2.49. The first-order valence-corrected chi connectivity index (χ1v) is 7.46. The van der Waals surface area contributed by atoms with E-state index >= 15 is 0 Å². The van der Waals surface area contributed by atoms with Crippen LogP contribution >= 0.6 is 0 Å². The summed E-state index contributed by atoms with van der Waals surface area (Å²) in [5.74, 6) is 0.802. The molecule has 4 nitrogen and oxygen atoms in total. The van der Waals surface area contributed by atoms with Crippen LogP contribution in [0.2, 0.25) is 0 Å². The predicted molar refractivity (Wildman–Crippen MR) is 89.3 cm³/mol. The Bertz CT molecular complexity index is 558. The Morgan fingerprint density at radius 3 is 2.36 bits per heavy atom. The molecule has 2 aromatic rings. The van der Waals surface area contributed by atoms with E-state index in [1.807, 2.05) is 55.6 Å². The maximum atomic E-state index is 11.7. The van der Waals surface area contributed by atoms with E-state index in [1.165, 1.54) is 0 Å². The van der Waals surface area contributed by atoms with Crippen LogP contribution in [-0.2, 0) is 4.79 Å². The lowest BCUT2D eigenvalue weighted by Gasteiger charge is -2.19. The van der Waals surface area contributed by atoms with E-state index in [0.717, 1.165) is 18.0 Å². The predicted octanol–water partition coefficient (Wildman–Crippen LogP) is 2.71. The number of benzene rings is 2. The third-order valence-corrected chi connectivity index (χ3v) is 3.31. The monoisotopic (exact) mass is 298 g/mol. The van der Waals surface area contributed by atoms with Crippen LogP contribution in [0, 0.1) is 0 Å². The van der Waals surface area contributed by atoms with Gasteiger partial charge in [-0.2, -0.15) is 0 Å². The maximum Gasteiger partial charge on any atom is 0.223 e. The van der Waals surface area contributed by atoms with Gasteiger partial charge in [-0.05, 0) is 24.3 Å². The summed E-state index contributed by atoms with van der Waals surface area (Å²) in [6.45, 7) is 1.79. The van der Waals surface area contributed by atoms with Gasteiger partial charge in [-0.25, -0.2) is 0 Å². The molecule has 0 aromatic heterocycles. The lowest BCUT2D eigenvalue weighted by molar-refractivity contribution is -0.121. The van der Waals surface area contributed by atoms with Crippen molar-refractivity contribution in [1.82, 2.24) is 5.32 Å².